The van der Waals surface area contributed by atoms with E-state index in [-0.39, 0.29) is 11.5 Å². The molecule has 1 aliphatic rings. The van der Waals surface area contributed by atoms with Gasteiger partial charge in [-0.3, -0.25) is 9.69 Å². The minimum absolute atomic E-state index is 0.0193. The van der Waals surface area contributed by atoms with Crippen molar-refractivity contribution in [1.82, 2.24) is 14.9 Å². The van der Waals surface area contributed by atoms with Gasteiger partial charge in [0.2, 0.25) is 0 Å². The molecule has 0 aliphatic carbocycles. The molecule has 8 heteroatoms. The smallest absolute Gasteiger partial charge is 0.266 e. The fraction of sp³-hybridized carbons (Fsp3) is 0.143. The molecular weight excluding hydrogens is 376 g/mol. The number of carbonyl (C=O) groups excluding carboxylic acids is 1. The van der Waals surface area contributed by atoms with Crippen LogP contribution < -0.4 is 5.73 Å². The van der Waals surface area contributed by atoms with Crippen molar-refractivity contribution in [3.8, 4) is 11.1 Å². The van der Waals surface area contributed by atoms with E-state index >= 15 is 0 Å². The van der Waals surface area contributed by atoms with Crippen LogP contribution in [-0.2, 0) is 10.3 Å². The average Bonchev–Trinajstić information content (AvgIpc) is 2.99. The molecule has 1 aromatic heterocycles. The number of amides is 1. The third-order valence-electron chi connectivity index (χ3n) is 4.97. The number of benzene rings is 2. The van der Waals surface area contributed by atoms with E-state index in [9.17, 15) is 13.6 Å². The van der Waals surface area contributed by atoms with Gasteiger partial charge in [-0.25, -0.2) is 23.7 Å². The number of likely N-dealkylation sites (N-methyl/N-ethyl adjacent to an activating group) is 1. The average molecular weight is 393 g/mol. The fourth-order valence-electron chi connectivity index (χ4n) is 3.46. The second-order valence-corrected chi connectivity index (χ2v) is 6.68. The number of aromatic nitrogens is 2. The van der Waals surface area contributed by atoms with Gasteiger partial charge in [0.1, 0.15) is 6.33 Å². The van der Waals surface area contributed by atoms with Gasteiger partial charge in [0.15, 0.2) is 11.5 Å². The van der Waals surface area contributed by atoms with Crippen LogP contribution in [0.3, 0.4) is 0 Å². The second-order valence-electron chi connectivity index (χ2n) is 6.68. The van der Waals surface area contributed by atoms with Crippen LogP contribution in [0.2, 0.25) is 0 Å². The van der Waals surface area contributed by atoms with Gasteiger partial charge < -0.3 is 5.73 Å². The highest BCUT2D eigenvalue weighted by Crippen LogP contribution is 2.41. The van der Waals surface area contributed by atoms with E-state index in [1.165, 1.54) is 36.5 Å². The Morgan fingerprint density at radius 1 is 1.00 bits per heavy atom. The second kappa shape index (κ2) is 7.05. The third kappa shape index (κ3) is 3.02. The van der Waals surface area contributed by atoms with E-state index in [4.69, 9.17) is 5.73 Å². The van der Waals surface area contributed by atoms with Gasteiger partial charge >= 0.3 is 0 Å². The Labute approximate surface area is 165 Å². The summed E-state index contributed by atoms with van der Waals surface area (Å²) in [7, 11) is 1.51. The quantitative estimate of drug-likeness (QED) is 0.738. The van der Waals surface area contributed by atoms with Crippen LogP contribution in [0.15, 0.2) is 72.2 Å². The molecule has 0 fully saturated rings. The number of hydrogen-bond acceptors (Lipinski definition) is 5. The number of hydrogen-bond donors (Lipinski definition) is 1. The van der Waals surface area contributed by atoms with Crippen molar-refractivity contribution in [3.05, 3.63) is 83.9 Å². The molecule has 3 aromatic rings. The number of nitrogens with zero attached hydrogens (tertiary/aromatic N) is 4. The molecule has 1 unspecified atom stereocenters. The molecule has 4 rings (SSSR count). The summed E-state index contributed by atoms with van der Waals surface area (Å²) in [6.45, 7) is 0. The maximum atomic E-state index is 13.3. The molecule has 0 radical (unpaired) electrons. The first-order valence-corrected chi connectivity index (χ1v) is 8.81. The molecule has 0 saturated carbocycles. The maximum absolute atomic E-state index is 13.3. The molecule has 1 atom stereocenters. The Morgan fingerprint density at radius 3 is 2.28 bits per heavy atom. The number of carbonyl (C=O) groups is 1. The van der Waals surface area contributed by atoms with Gasteiger partial charge in [0.25, 0.3) is 12.3 Å². The van der Waals surface area contributed by atoms with Crippen LogP contribution in [0.25, 0.3) is 11.1 Å². The Morgan fingerprint density at radius 2 is 1.66 bits per heavy atom. The number of nitrogens with two attached hydrogens (primary N) is 1. The predicted octanol–water partition coefficient (Wildman–Crippen LogP) is 3.11. The Balaban J connectivity index is 1.95. The maximum Gasteiger partial charge on any atom is 0.266 e. The van der Waals surface area contributed by atoms with Gasteiger partial charge in [0, 0.05) is 30.6 Å². The largest absolute Gasteiger partial charge is 0.369 e. The first-order valence-electron chi connectivity index (χ1n) is 8.81. The van der Waals surface area contributed by atoms with E-state index in [1.54, 1.807) is 36.7 Å². The predicted molar refractivity (Wildman–Crippen MR) is 104 cm³/mol. The van der Waals surface area contributed by atoms with E-state index in [1.807, 2.05) is 6.07 Å². The number of rotatable bonds is 4. The molecule has 0 bridgehead atoms. The lowest BCUT2D eigenvalue weighted by Crippen LogP contribution is -2.41. The van der Waals surface area contributed by atoms with Crippen LogP contribution in [0.4, 0.5) is 8.78 Å². The van der Waals surface area contributed by atoms with E-state index in [0.29, 0.717) is 11.1 Å². The topological polar surface area (TPSA) is 84.5 Å². The summed E-state index contributed by atoms with van der Waals surface area (Å²) < 4.78 is 26.7. The van der Waals surface area contributed by atoms with Crippen molar-refractivity contribution >= 4 is 11.9 Å². The molecule has 0 spiro atoms. The summed E-state index contributed by atoms with van der Waals surface area (Å²) in [6, 6.07) is 12.8. The van der Waals surface area contributed by atoms with Crippen molar-refractivity contribution in [2.75, 3.05) is 7.05 Å². The third-order valence-corrected chi connectivity index (χ3v) is 4.97. The van der Waals surface area contributed by atoms with E-state index in [0.717, 1.165) is 11.1 Å². The van der Waals surface area contributed by atoms with Crippen molar-refractivity contribution < 1.29 is 13.6 Å². The molecular formula is C21H17F2N5O. The highest BCUT2D eigenvalue weighted by molar-refractivity contribution is 6.09. The van der Waals surface area contributed by atoms with Gasteiger partial charge in [-0.15, -0.1) is 0 Å². The Kier molecular flexibility index (Phi) is 4.54. The van der Waals surface area contributed by atoms with Crippen LogP contribution in [0.1, 0.15) is 23.1 Å². The van der Waals surface area contributed by atoms with E-state index in [2.05, 4.69) is 15.0 Å². The first kappa shape index (κ1) is 18.7. The lowest BCUT2D eigenvalue weighted by atomic mass is 9.81. The standard InChI is InChI=1S/C21H17F2N5O/c1-28-19(29)21(27-20(28)24,17-7-3-5-14(9-17)18(22)23)16-6-2-4-13(8-16)15-10-25-12-26-11-15/h2-12,18H,1H3,(H2,24,27). The molecule has 0 saturated heterocycles. The monoisotopic (exact) mass is 393 g/mol. The zero-order valence-electron chi connectivity index (χ0n) is 15.5. The molecule has 6 nitrogen and oxygen atoms in total. The van der Waals surface area contributed by atoms with Crippen LogP contribution in [-0.4, -0.2) is 33.8 Å². The van der Waals surface area contributed by atoms with Crippen molar-refractivity contribution in [1.29, 1.82) is 0 Å². The zero-order valence-corrected chi connectivity index (χ0v) is 15.5. The molecule has 146 valence electrons. The summed E-state index contributed by atoms with van der Waals surface area (Å²) >= 11 is 0. The number of aliphatic imine (C=N–C) groups is 1. The van der Waals surface area contributed by atoms with Gasteiger partial charge in [-0.2, -0.15) is 0 Å². The zero-order chi connectivity index (χ0) is 20.6. The number of alkyl halides is 2. The summed E-state index contributed by atoms with van der Waals surface area (Å²) in [5.41, 5.74) is 6.58. The molecule has 2 heterocycles. The van der Waals surface area contributed by atoms with Gasteiger partial charge in [0.05, 0.1) is 0 Å². The van der Waals surface area contributed by atoms with Crippen molar-refractivity contribution in [2.45, 2.75) is 12.0 Å². The molecule has 29 heavy (non-hydrogen) atoms. The minimum atomic E-state index is -2.67. The minimum Gasteiger partial charge on any atom is -0.369 e. The Bertz CT molecular complexity index is 1100. The summed E-state index contributed by atoms with van der Waals surface area (Å²) in [5.74, 6) is -0.395. The lowest BCUT2D eigenvalue weighted by Gasteiger charge is -2.27. The molecule has 1 amide bonds. The molecule has 2 N–H and O–H groups in total. The van der Waals surface area contributed by atoms with Crippen molar-refractivity contribution in [3.63, 3.8) is 0 Å². The summed E-state index contributed by atoms with van der Waals surface area (Å²) in [4.78, 5) is 27.0. The normalized spacial score (nSPS) is 19.0. The Hall–Kier alpha value is -3.68. The number of guanidine groups is 1. The summed E-state index contributed by atoms with van der Waals surface area (Å²) in [5, 5.41) is 0. The first-order chi connectivity index (χ1) is 13.9. The SMILES string of the molecule is CN1C(=O)C(c2cccc(-c3cncnc3)c2)(c2cccc(C(F)F)c2)N=C1N. The number of halogens is 2. The molecule has 2 aromatic carbocycles. The van der Waals surface area contributed by atoms with Crippen LogP contribution in [0.5, 0.6) is 0 Å². The fourth-order valence-corrected chi connectivity index (χ4v) is 3.46. The van der Waals surface area contributed by atoms with Gasteiger partial charge in [-0.1, -0.05) is 36.4 Å². The van der Waals surface area contributed by atoms with Crippen LogP contribution in [0, 0.1) is 0 Å². The van der Waals surface area contributed by atoms with E-state index < -0.39 is 17.9 Å². The van der Waals surface area contributed by atoms with Gasteiger partial charge in [-0.05, 0) is 28.8 Å². The van der Waals surface area contributed by atoms with Crippen molar-refractivity contribution in [2.24, 2.45) is 10.7 Å². The summed E-state index contributed by atoms with van der Waals surface area (Å²) in [6.07, 6.45) is 2.05. The molecule has 1 aliphatic heterocycles. The highest BCUT2D eigenvalue weighted by atomic mass is 19.3. The van der Waals surface area contributed by atoms with Crippen LogP contribution >= 0.6 is 0 Å². The highest BCUT2D eigenvalue weighted by Gasteiger charge is 2.49. The lowest BCUT2D eigenvalue weighted by molar-refractivity contribution is -0.129.